The highest BCUT2D eigenvalue weighted by Crippen LogP contribution is 2.18. The van der Waals surface area contributed by atoms with Gasteiger partial charge in [0.1, 0.15) is 18.5 Å². The Morgan fingerprint density at radius 1 is 1.22 bits per heavy atom. The Morgan fingerprint density at radius 3 is 2.89 bits per heavy atom. The predicted molar refractivity (Wildman–Crippen MR) is 67.7 cm³/mol. The van der Waals surface area contributed by atoms with Crippen molar-refractivity contribution in [1.29, 1.82) is 5.41 Å². The summed E-state index contributed by atoms with van der Waals surface area (Å²) in [6.07, 6.45) is 4.62. The highest BCUT2D eigenvalue weighted by Gasteiger charge is 2.11. The predicted octanol–water partition coefficient (Wildman–Crippen LogP) is 1.10. The van der Waals surface area contributed by atoms with Crippen molar-refractivity contribution in [2.24, 2.45) is 5.73 Å². The third-order valence-corrected chi connectivity index (χ3v) is 2.66. The Morgan fingerprint density at radius 2 is 2.06 bits per heavy atom. The summed E-state index contributed by atoms with van der Waals surface area (Å²) in [5, 5.41) is 7.55. The van der Waals surface area contributed by atoms with Crippen LogP contribution in [0.25, 0.3) is 16.9 Å². The SMILES string of the molecule is N=C(N)c1cncnc1-n1cnc2ccccc21. The second-order valence-electron chi connectivity index (χ2n) is 3.78. The summed E-state index contributed by atoms with van der Waals surface area (Å²) >= 11 is 0. The lowest BCUT2D eigenvalue weighted by atomic mass is 10.2. The van der Waals surface area contributed by atoms with E-state index in [0.29, 0.717) is 11.4 Å². The largest absolute Gasteiger partial charge is 0.384 e. The molecule has 6 heteroatoms. The molecule has 0 aliphatic carbocycles. The topological polar surface area (TPSA) is 93.5 Å². The van der Waals surface area contributed by atoms with Crippen LogP contribution in [0.4, 0.5) is 0 Å². The minimum absolute atomic E-state index is 0.0663. The van der Waals surface area contributed by atoms with Gasteiger partial charge >= 0.3 is 0 Å². The van der Waals surface area contributed by atoms with Gasteiger partial charge in [0.05, 0.1) is 16.6 Å². The molecule has 0 aliphatic heterocycles. The summed E-state index contributed by atoms with van der Waals surface area (Å²) in [6, 6.07) is 7.70. The van der Waals surface area contributed by atoms with Crippen molar-refractivity contribution in [3.8, 4) is 5.82 Å². The van der Waals surface area contributed by atoms with Crippen molar-refractivity contribution in [1.82, 2.24) is 19.5 Å². The molecule has 88 valence electrons. The van der Waals surface area contributed by atoms with Crippen molar-refractivity contribution < 1.29 is 0 Å². The molecule has 0 spiro atoms. The molecule has 0 saturated carbocycles. The highest BCUT2D eigenvalue weighted by molar-refractivity contribution is 5.98. The van der Waals surface area contributed by atoms with Crippen LogP contribution in [0.3, 0.4) is 0 Å². The van der Waals surface area contributed by atoms with Gasteiger partial charge in [-0.3, -0.25) is 9.98 Å². The lowest BCUT2D eigenvalue weighted by Gasteiger charge is -2.07. The van der Waals surface area contributed by atoms with E-state index in [2.05, 4.69) is 15.0 Å². The molecule has 6 nitrogen and oxygen atoms in total. The lowest BCUT2D eigenvalue weighted by molar-refractivity contribution is 0.986. The van der Waals surface area contributed by atoms with Crippen molar-refractivity contribution >= 4 is 16.9 Å². The normalized spacial score (nSPS) is 10.7. The van der Waals surface area contributed by atoms with Crippen LogP contribution in [0.1, 0.15) is 5.56 Å². The number of hydrogen-bond donors (Lipinski definition) is 2. The van der Waals surface area contributed by atoms with E-state index < -0.39 is 0 Å². The molecule has 2 heterocycles. The van der Waals surface area contributed by atoms with Crippen LogP contribution in [-0.2, 0) is 0 Å². The molecule has 3 N–H and O–H groups in total. The fraction of sp³-hybridized carbons (Fsp3) is 0. The monoisotopic (exact) mass is 238 g/mol. The van der Waals surface area contributed by atoms with Gasteiger partial charge in [-0.05, 0) is 12.1 Å². The molecule has 0 aliphatic rings. The third kappa shape index (κ3) is 1.51. The first-order valence-electron chi connectivity index (χ1n) is 5.34. The van der Waals surface area contributed by atoms with Crippen LogP contribution in [-0.4, -0.2) is 25.4 Å². The fourth-order valence-corrected chi connectivity index (χ4v) is 1.83. The second-order valence-corrected chi connectivity index (χ2v) is 3.78. The molecule has 0 unspecified atom stereocenters. The van der Waals surface area contributed by atoms with Crippen LogP contribution in [0, 0.1) is 5.41 Å². The molecule has 0 saturated heterocycles. The Hall–Kier alpha value is -2.76. The lowest BCUT2D eigenvalue weighted by Crippen LogP contribution is -2.16. The summed E-state index contributed by atoms with van der Waals surface area (Å²) < 4.78 is 1.80. The van der Waals surface area contributed by atoms with Gasteiger partial charge in [-0.2, -0.15) is 0 Å². The quantitative estimate of drug-likeness (QED) is 0.516. The van der Waals surface area contributed by atoms with Gasteiger partial charge in [0.2, 0.25) is 0 Å². The van der Waals surface area contributed by atoms with Gasteiger partial charge in [0, 0.05) is 6.20 Å². The number of para-hydroxylation sites is 2. The number of aromatic nitrogens is 4. The van der Waals surface area contributed by atoms with Gasteiger partial charge in [0.15, 0.2) is 5.82 Å². The van der Waals surface area contributed by atoms with E-state index in [1.165, 1.54) is 12.5 Å². The molecule has 0 atom stereocenters. The summed E-state index contributed by atoms with van der Waals surface area (Å²) in [6.45, 7) is 0. The van der Waals surface area contributed by atoms with Gasteiger partial charge < -0.3 is 5.73 Å². The minimum Gasteiger partial charge on any atom is -0.384 e. The number of fused-ring (bicyclic) bond motifs is 1. The third-order valence-electron chi connectivity index (χ3n) is 2.66. The summed E-state index contributed by atoms with van der Waals surface area (Å²) in [4.78, 5) is 12.4. The average Bonchev–Trinajstić information content (AvgIpc) is 2.82. The molecule has 3 aromatic rings. The molecular weight excluding hydrogens is 228 g/mol. The molecule has 1 aromatic carbocycles. The maximum atomic E-state index is 7.55. The van der Waals surface area contributed by atoms with E-state index in [9.17, 15) is 0 Å². The number of benzene rings is 1. The Labute approximate surface area is 103 Å². The molecule has 0 bridgehead atoms. The average molecular weight is 238 g/mol. The number of nitrogens with one attached hydrogen (secondary N) is 1. The smallest absolute Gasteiger partial charge is 0.152 e. The van der Waals surface area contributed by atoms with Crippen molar-refractivity contribution in [2.45, 2.75) is 0 Å². The summed E-state index contributed by atoms with van der Waals surface area (Å²) in [5.41, 5.74) is 7.80. The van der Waals surface area contributed by atoms with E-state index >= 15 is 0 Å². The van der Waals surface area contributed by atoms with E-state index in [1.807, 2.05) is 24.3 Å². The van der Waals surface area contributed by atoms with Crippen molar-refractivity contribution in [3.05, 3.63) is 48.7 Å². The van der Waals surface area contributed by atoms with Crippen molar-refractivity contribution in [3.63, 3.8) is 0 Å². The zero-order valence-electron chi connectivity index (χ0n) is 9.41. The zero-order valence-corrected chi connectivity index (χ0v) is 9.41. The van der Waals surface area contributed by atoms with Gasteiger partial charge in [-0.1, -0.05) is 12.1 Å². The molecular formula is C12H10N6. The van der Waals surface area contributed by atoms with E-state index in [1.54, 1.807) is 10.9 Å². The van der Waals surface area contributed by atoms with Crippen LogP contribution >= 0.6 is 0 Å². The molecule has 2 aromatic heterocycles. The Kier molecular flexibility index (Phi) is 2.26. The molecule has 0 amide bonds. The number of nitrogen functional groups attached to an aromatic ring is 1. The molecule has 3 rings (SSSR count). The molecule has 0 radical (unpaired) electrons. The second kappa shape index (κ2) is 3.92. The van der Waals surface area contributed by atoms with Crippen LogP contribution in [0.15, 0.2) is 43.1 Å². The minimum atomic E-state index is -0.0663. The van der Waals surface area contributed by atoms with E-state index in [0.717, 1.165) is 11.0 Å². The standard InChI is InChI=1S/C12H10N6/c13-11(14)8-5-15-6-16-12(8)18-7-17-9-3-1-2-4-10(9)18/h1-7H,(H3,13,14). The van der Waals surface area contributed by atoms with Crippen LogP contribution < -0.4 is 5.73 Å². The summed E-state index contributed by atoms with van der Waals surface area (Å²) in [5.74, 6) is 0.495. The van der Waals surface area contributed by atoms with Gasteiger partial charge in [0.25, 0.3) is 0 Å². The number of amidine groups is 1. The maximum Gasteiger partial charge on any atom is 0.152 e. The molecule has 18 heavy (non-hydrogen) atoms. The number of hydrogen-bond acceptors (Lipinski definition) is 4. The first-order valence-corrected chi connectivity index (χ1v) is 5.34. The van der Waals surface area contributed by atoms with Crippen LogP contribution in [0.5, 0.6) is 0 Å². The van der Waals surface area contributed by atoms with E-state index in [4.69, 9.17) is 11.1 Å². The fourth-order valence-electron chi connectivity index (χ4n) is 1.83. The highest BCUT2D eigenvalue weighted by atomic mass is 15.1. The van der Waals surface area contributed by atoms with Crippen LogP contribution in [0.2, 0.25) is 0 Å². The van der Waals surface area contributed by atoms with Gasteiger partial charge in [-0.25, -0.2) is 15.0 Å². The first kappa shape index (κ1) is 10.4. The Bertz CT molecular complexity index is 730. The number of imidazole rings is 1. The first-order chi connectivity index (χ1) is 8.77. The molecule has 0 fully saturated rings. The number of nitrogens with zero attached hydrogens (tertiary/aromatic N) is 4. The van der Waals surface area contributed by atoms with Crippen molar-refractivity contribution in [2.75, 3.05) is 0 Å². The maximum absolute atomic E-state index is 7.55. The number of nitrogens with two attached hydrogens (primary N) is 1. The van der Waals surface area contributed by atoms with Gasteiger partial charge in [-0.15, -0.1) is 0 Å². The zero-order chi connectivity index (χ0) is 12.5. The number of rotatable bonds is 2. The summed E-state index contributed by atoms with van der Waals surface area (Å²) in [7, 11) is 0. The van der Waals surface area contributed by atoms with E-state index in [-0.39, 0.29) is 5.84 Å². The Balaban J connectivity index is 2.30.